The van der Waals surface area contributed by atoms with Crippen LogP contribution in [0.3, 0.4) is 0 Å². The minimum atomic E-state index is -0.383. The van der Waals surface area contributed by atoms with Gasteiger partial charge in [-0.3, -0.25) is 9.78 Å². The second-order valence-corrected chi connectivity index (χ2v) is 4.59. The third-order valence-corrected chi connectivity index (χ3v) is 3.03. The molecule has 0 saturated carbocycles. The Hall–Kier alpha value is -3.02. The van der Waals surface area contributed by atoms with E-state index < -0.39 is 0 Å². The fourth-order valence-corrected chi connectivity index (χ4v) is 1.90. The molecule has 1 aromatic carbocycles. The Morgan fingerprint density at radius 1 is 1.18 bits per heavy atom. The van der Waals surface area contributed by atoms with E-state index in [1.807, 2.05) is 12.1 Å². The molecule has 2 heterocycles. The van der Waals surface area contributed by atoms with Crippen molar-refractivity contribution in [2.24, 2.45) is 0 Å². The number of pyridine rings is 1. The van der Waals surface area contributed by atoms with Gasteiger partial charge in [-0.2, -0.15) is 0 Å². The zero-order chi connectivity index (χ0) is 15.4. The molecular weight excluding hydrogens is 285 g/mol. The first kappa shape index (κ1) is 13.9. The number of rotatable bonds is 4. The highest BCUT2D eigenvalue weighted by atomic mass is 19.1. The van der Waals surface area contributed by atoms with Crippen molar-refractivity contribution in [3.8, 4) is 11.3 Å². The van der Waals surface area contributed by atoms with Crippen molar-refractivity contribution in [1.82, 2.24) is 15.5 Å². The van der Waals surface area contributed by atoms with Crippen LogP contribution in [0.1, 0.15) is 16.2 Å². The third-order valence-electron chi connectivity index (χ3n) is 3.03. The molecule has 0 radical (unpaired) electrons. The zero-order valence-electron chi connectivity index (χ0n) is 11.5. The number of carbonyl (C=O) groups excluding carboxylic acids is 1. The molecule has 2 aromatic heterocycles. The summed E-state index contributed by atoms with van der Waals surface area (Å²) in [6, 6.07) is 12.8. The second-order valence-electron chi connectivity index (χ2n) is 4.59. The number of aromatic nitrogens is 2. The van der Waals surface area contributed by atoms with Crippen LogP contribution >= 0.6 is 0 Å². The molecule has 0 atom stereocenters. The lowest BCUT2D eigenvalue weighted by molar-refractivity contribution is 0.0913. The molecular formula is C16H12FN3O2. The molecule has 0 aliphatic rings. The van der Waals surface area contributed by atoms with E-state index in [1.54, 1.807) is 24.4 Å². The summed E-state index contributed by atoms with van der Waals surface area (Å²) < 4.78 is 17.9. The Labute approximate surface area is 125 Å². The van der Waals surface area contributed by atoms with E-state index in [0.717, 1.165) is 5.69 Å². The summed E-state index contributed by atoms with van der Waals surface area (Å²) in [5.41, 5.74) is 1.89. The van der Waals surface area contributed by atoms with Crippen LogP contribution in [0.15, 0.2) is 59.3 Å². The molecule has 1 amide bonds. The van der Waals surface area contributed by atoms with Crippen molar-refractivity contribution < 1.29 is 13.7 Å². The minimum absolute atomic E-state index is 0.0928. The average molecular weight is 297 g/mol. The fraction of sp³-hybridized carbons (Fsp3) is 0.0625. The van der Waals surface area contributed by atoms with Crippen LogP contribution in [0.5, 0.6) is 0 Å². The zero-order valence-corrected chi connectivity index (χ0v) is 11.5. The van der Waals surface area contributed by atoms with E-state index in [2.05, 4.69) is 15.5 Å². The lowest BCUT2D eigenvalue weighted by atomic mass is 10.1. The first-order valence-electron chi connectivity index (χ1n) is 6.63. The Balaban J connectivity index is 1.68. The smallest absolute Gasteiger partial charge is 0.290 e. The largest absolute Gasteiger partial charge is 0.350 e. The van der Waals surface area contributed by atoms with Crippen LogP contribution in [0.2, 0.25) is 0 Å². The van der Waals surface area contributed by atoms with Gasteiger partial charge in [0.05, 0.1) is 12.2 Å². The van der Waals surface area contributed by atoms with Crippen molar-refractivity contribution in [1.29, 1.82) is 0 Å². The molecule has 3 aromatic rings. The van der Waals surface area contributed by atoms with Crippen molar-refractivity contribution in [2.75, 3.05) is 0 Å². The molecule has 1 N–H and O–H groups in total. The van der Waals surface area contributed by atoms with Crippen molar-refractivity contribution in [2.45, 2.75) is 6.54 Å². The van der Waals surface area contributed by atoms with Crippen molar-refractivity contribution >= 4 is 5.91 Å². The van der Waals surface area contributed by atoms with Gasteiger partial charge in [0.2, 0.25) is 5.76 Å². The number of hydrogen-bond donors (Lipinski definition) is 1. The van der Waals surface area contributed by atoms with Gasteiger partial charge in [0.25, 0.3) is 5.91 Å². The predicted octanol–water partition coefficient (Wildman–Crippen LogP) is 2.81. The second kappa shape index (κ2) is 6.17. The Morgan fingerprint density at radius 3 is 2.73 bits per heavy atom. The van der Waals surface area contributed by atoms with Crippen molar-refractivity contribution in [3.05, 3.63) is 72.0 Å². The molecule has 0 aliphatic heterocycles. The number of halogens is 1. The topological polar surface area (TPSA) is 68.0 Å². The van der Waals surface area contributed by atoms with Gasteiger partial charge in [0, 0.05) is 17.8 Å². The maximum absolute atomic E-state index is 12.9. The normalized spacial score (nSPS) is 10.4. The van der Waals surface area contributed by atoms with Gasteiger partial charge >= 0.3 is 0 Å². The first-order chi connectivity index (χ1) is 10.7. The molecule has 0 fully saturated rings. The molecule has 22 heavy (non-hydrogen) atoms. The van der Waals surface area contributed by atoms with Crippen LogP contribution < -0.4 is 5.32 Å². The molecule has 3 rings (SSSR count). The number of benzene rings is 1. The number of nitrogens with one attached hydrogen (secondary N) is 1. The lowest BCUT2D eigenvalue weighted by Gasteiger charge is -2.01. The van der Waals surface area contributed by atoms with E-state index in [-0.39, 0.29) is 17.5 Å². The van der Waals surface area contributed by atoms with Gasteiger partial charge in [-0.25, -0.2) is 4.39 Å². The highest BCUT2D eigenvalue weighted by Gasteiger charge is 2.14. The summed E-state index contributed by atoms with van der Waals surface area (Å²) >= 11 is 0. The minimum Gasteiger partial charge on any atom is -0.350 e. The van der Waals surface area contributed by atoms with Crippen LogP contribution in [-0.2, 0) is 6.54 Å². The van der Waals surface area contributed by atoms with Gasteiger partial charge in [-0.15, -0.1) is 0 Å². The van der Waals surface area contributed by atoms with E-state index in [4.69, 9.17) is 4.52 Å². The quantitative estimate of drug-likeness (QED) is 0.804. The molecule has 0 bridgehead atoms. The maximum Gasteiger partial charge on any atom is 0.290 e. The average Bonchev–Trinajstić information content (AvgIpc) is 3.04. The van der Waals surface area contributed by atoms with Crippen LogP contribution in [0.4, 0.5) is 4.39 Å². The number of nitrogens with zero attached hydrogens (tertiary/aromatic N) is 2. The van der Waals surface area contributed by atoms with Crippen LogP contribution in [-0.4, -0.2) is 16.0 Å². The Bertz CT molecular complexity index is 770. The van der Waals surface area contributed by atoms with E-state index >= 15 is 0 Å². The van der Waals surface area contributed by atoms with Crippen molar-refractivity contribution in [3.63, 3.8) is 0 Å². The van der Waals surface area contributed by atoms with Crippen LogP contribution in [0, 0.1) is 5.82 Å². The van der Waals surface area contributed by atoms with Gasteiger partial charge < -0.3 is 9.84 Å². The Kier molecular flexibility index (Phi) is 3.91. The fourth-order valence-electron chi connectivity index (χ4n) is 1.90. The van der Waals surface area contributed by atoms with Gasteiger partial charge in [0.1, 0.15) is 11.5 Å². The first-order valence-corrected chi connectivity index (χ1v) is 6.63. The monoisotopic (exact) mass is 297 g/mol. The SMILES string of the molecule is O=C(NCc1ccccn1)c1cc(-c2ccc(F)cc2)no1. The standard InChI is InChI=1S/C16H12FN3O2/c17-12-6-4-11(5-7-12)14-9-15(22-20-14)16(21)19-10-13-3-1-2-8-18-13/h1-9H,10H2,(H,19,21). The summed E-state index contributed by atoms with van der Waals surface area (Å²) in [5.74, 6) is -0.623. The summed E-state index contributed by atoms with van der Waals surface area (Å²) in [6.45, 7) is 0.298. The summed E-state index contributed by atoms with van der Waals surface area (Å²) in [5, 5.41) is 6.51. The molecule has 110 valence electrons. The van der Waals surface area contributed by atoms with Crippen LogP contribution in [0.25, 0.3) is 11.3 Å². The van der Waals surface area contributed by atoms with E-state index in [0.29, 0.717) is 17.8 Å². The van der Waals surface area contributed by atoms with Gasteiger partial charge in [-0.1, -0.05) is 11.2 Å². The maximum atomic E-state index is 12.9. The molecule has 6 heteroatoms. The van der Waals surface area contributed by atoms with Gasteiger partial charge in [0.15, 0.2) is 0 Å². The molecule has 5 nitrogen and oxygen atoms in total. The number of carbonyl (C=O) groups is 1. The van der Waals surface area contributed by atoms with E-state index in [1.165, 1.54) is 18.2 Å². The Morgan fingerprint density at radius 2 is 2.00 bits per heavy atom. The highest BCUT2D eigenvalue weighted by Crippen LogP contribution is 2.19. The molecule has 0 spiro atoms. The molecule has 0 saturated heterocycles. The molecule has 0 aliphatic carbocycles. The number of amides is 1. The predicted molar refractivity (Wildman–Crippen MR) is 77.3 cm³/mol. The highest BCUT2D eigenvalue weighted by molar-refractivity contribution is 5.92. The number of hydrogen-bond acceptors (Lipinski definition) is 4. The summed E-state index contributed by atoms with van der Waals surface area (Å²) in [4.78, 5) is 16.1. The van der Waals surface area contributed by atoms with Gasteiger partial charge in [-0.05, 0) is 36.4 Å². The summed E-state index contributed by atoms with van der Waals surface area (Å²) in [7, 11) is 0. The van der Waals surface area contributed by atoms with E-state index in [9.17, 15) is 9.18 Å². The lowest BCUT2D eigenvalue weighted by Crippen LogP contribution is -2.22. The molecule has 0 unspecified atom stereocenters. The third kappa shape index (κ3) is 3.17. The summed E-state index contributed by atoms with van der Waals surface area (Å²) in [6.07, 6.45) is 1.66.